The molecule has 9 heteroatoms. The van der Waals surface area contributed by atoms with Crippen LogP contribution in [-0.4, -0.2) is 32.0 Å². The fourth-order valence-electron chi connectivity index (χ4n) is 3.23. The van der Waals surface area contributed by atoms with Gasteiger partial charge in [-0.2, -0.15) is 5.10 Å². The Bertz CT molecular complexity index is 974. The average Bonchev–Trinajstić information content (AvgIpc) is 3.22. The zero-order valence-electron chi connectivity index (χ0n) is 13.1. The first-order valence-corrected chi connectivity index (χ1v) is 8.14. The first kappa shape index (κ1) is 15.8. The minimum Gasteiger partial charge on any atom is -0.365 e. The molecule has 4 heterocycles. The van der Waals surface area contributed by atoms with Crippen LogP contribution >= 0.6 is 11.6 Å². The van der Waals surface area contributed by atoms with E-state index in [1.54, 1.807) is 12.3 Å². The highest BCUT2D eigenvalue weighted by Crippen LogP contribution is 2.38. The molecule has 2 N–H and O–H groups in total. The van der Waals surface area contributed by atoms with E-state index >= 15 is 0 Å². The third-order valence-corrected chi connectivity index (χ3v) is 4.67. The molecule has 7 nitrogen and oxygen atoms in total. The van der Waals surface area contributed by atoms with Crippen LogP contribution in [0, 0.1) is 5.82 Å². The van der Waals surface area contributed by atoms with Crippen molar-refractivity contribution in [3.05, 3.63) is 52.8 Å². The molecule has 0 saturated carbocycles. The van der Waals surface area contributed by atoms with Crippen molar-refractivity contribution < 1.29 is 9.18 Å². The summed E-state index contributed by atoms with van der Waals surface area (Å²) in [7, 11) is 0. The number of amides is 1. The molecule has 1 aliphatic rings. The molecule has 1 atom stereocenters. The average molecular weight is 361 g/mol. The topological polar surface area (TPSA) is 89.4 Å². The Morgan fingerprint density at radius 3 is 3.04 bits per heavy atom. The maximum Gasteiger partial charge on any atom is 0.254 e. The van der Waals surface area contributed by atoms with Gasteiger partial charge >= 0.3 is 0 Å². The van der Waals surface area contributed by atoms with Crippen LogP contribution in [0.5, 0.6) is 0 Å². The van der Waals surface area contributed by atoms with Crippen LogP contribution in [0.15, 0.2) is 30.7 Å². The number of primary amides is 1. The zero-order valence-corrected chi connectivity index (χ0v) is 13.8. The highest BCUT2D eigenvalue weighted by molar-refractivity contribution is 6.30. The molecule has 1 saturated heterocycles. The van der Waals surface area contributed by atoms with Crippen LogP contribution in [0.2, 0.25) is 5.15 Å². The van der Waals surface area contributed by atoms with Gasteiger partial charge in [-0.1, -0.05) is 11.6 Å². The van der Waals surface area contributed by atoms with Gasteiger partial charge in [-0.15, -0.1) is 0 Å². The number of anilines is 1. The first-order valence-electron chi connectivity index (χ1n) is 7.76. The monoisotopic (exact) mass is 360 g/mol. The molecule has 128 valence electrons. The summed E-state index contributed by atoms with van der Waals surface area (Å²) in [5.74, 6) is -0.366. The predicted molar refractivity (Wildman–Crippen MR) is 90.0 cm³/mol. The van der Waals surface area contributed by atoms with Gasteiger partial charge in [-0.05, 0) is 25.0 Å². The quantitative estimate of drug-likeness (QED) is 0.724. The molecule has 4 rings (SSSR count). The summed E-state index contributed by atoms with van der Waals surface area (Å²) in [6, 6.07) is 3.07. The lowest BCUT2D eigenvalue weighted by molar-refractivity contribution is 0.100. The van der Waals surface area contributed by atoms with Gasteiger partial charge in [0.2, 0.25) is 0 Å². The van der Waals surface area contributed by atoms with Crippen molar-refractivity contribution in [2.75, 3.05) is 11.4 Å². The second-order valence-corrected chi connectivity index (χ2v) is 6.22. The number of aromatic nitrogens is 4. The van der Waals surface area contributed by atoms with Crippen molar-refractivity contribution in [2.45, 2.75) is 18.9 Å². The van der Waals surface area contributed by atoms with Gasteiger partial charge in [0.15, 0.2) is 5.65 Å². The lowest BCUT2D eigenvalue weighted by atomic mass is 10.1. The fraction of sp³-hybridized carbons (Fsp3) is 0.250. The molecule has 1 fully saturated rings. The minimum atomic E-state index is -0.588. The van der Waals surface area contributed by atoms with Crippen molar-refractivity contribution in [2.24, 2.45) is 5.73 Å². The molecule has 0 radical (unpaired) electrons. The van der Waals surface area contributed by atoms with Crippen LogP contribution in [-0.2, 0) is 0 Å². The summed E-state index contributed by atoms with van der Waals surface area (Å²) in [5.41, 5.74) is 6.64. The molecule has 0 aliphatic carbocycles. The van der Waals surface area contributed by atoms with E-state index in [1.165, 1.54) is 16.8 Å². The Hall–Kier alpha value is -2.74. The Morgan fingerprint density at radius 1 is 1.40 bits per heavy atom. The summed E-state index contributed by atoms with van der Waals surface area (Å²) in [5, 5.41) is 4.34. The predicted octanol–water partition coefficient (Wildman–Crippen LogP) is 2.36. The number of carbonyl (C=O) groups excluding carboxylic acids is 1. The van der Waals surface area contributed by atoms with Crippen LogP contribution in [0.1, 0.15) is 34.8 Å². The Kier molecular flexibility index (Phi) is 3.76. The number of carbonyl (C=O) groups is 1. The number of halogens is 2. The van der Waals surface area contributed by atoms with Crippen molar-refractivity contribution in [1.29, 1.82) is 0 Å². The molecule has 1 unspecified atom stereocenters. The van der Waals surface area contributed by atoms with Gasteiger partial charge in [0, 0.05) is 18.3 Å². The number of nitrogens with two attached hydrogens (primary N) is 1. The Labute approximate surface area is 147 Å². The molecule has 0 bridgehead atoms. The van der Waals surface area contributed by atoms with E-state index in [0.29, 0.717) is 17.0 Å². The smallest absolute Gasteiger partial charge is 0.254 e. The van der Waals surface area contributed by atoms with Gasteiger partial charge in [0.1, 0.15) is 22.4 Å². The molecule has 25 heavy (non-hydrogen) atoms. The van der Waals surface area contributed by atoms with E-state index in [4.69, 9.17) is 17.3 Å². The van der Waals surface area contributed by atoms with Gasteiger partial charge in [0.25, 0.3) is 5.91 Å². The van der Waals surface area contributed by atoms with E-state index in [9.17, 15) is 9.18 Å². The standard InChI is InChI=1S/C16H14ClFN6O/c17-14-10(6-9(18)7-20-14)12-2-1-4-23(12)13-3-5-24-16(22-13)11(8-21-24)15(19)25/h3,5-8,12H,1-2,4H2,(H2,19,25). The summed E-state index contributed by atoms with van der Waals surface area (Å²) in [6.07, 6.45) is 5.92. The molecule has 0 spiro atoms. The van der Waals surface area contributed by atoms with Crippen LogP contribution in [0.4, 0.5) is 10.2 Å². The third-order valence-electron chi connectivity index (χ3n) is 4.36. The SMILES string of the molecule is NC(=O)c1cnn2ccc(N3CCCC3c3cc(F)cnc3Cl)nc12. The minimum absolute atomic E-state index is 0.134. The van der Waals surface area contributed by atoms with Gasteiger partial charge in [0.05, 0.1) is 18.4 Å². The van der Waals surface area contributed by atoms with E-state index in [2.05, 4.69) is 15.1 Å². The van der Waals surface area contributed by atoms with E-state index < -0.39 is 11.7 Å². The number of hydrogen-bond donors (Lipinski definition) is 1. The normalized spacial score (nSPS) is 17.4. The molecule has 3 aromatic heterocycles. The highest BCUT2D eigenvalue weighted by atomic mass is 35.5. The Balaban J connectivity index is 1.77. The second-order valence-electron chi connectivity index (χ2n) is 5.86. The van der Waals surface area contributed by atoms with Gasteiger partial charge in [-0.3, -0.25) is 4.79 Å². The zero-order chi connectivity index (χ0) is 17.6. The lowest BCUT2D eigenvalue weighted by Crippen LogP contribution is -2.24. The van der Waals surface area contributed by atoms with Crippen molar-refractivity contribution in [1.82, 2.24) is 19.6 Å². The van der Waals surface area contributed by atoms with E-state index in [1.807, 2.05) is 4.90 Å². The molecule has 1 amide bonds. The summed E-state index contributed by atoms with van der Waals surface area (Å²) in [6.45, 7) is 0.737. The summed E-state index contributed by atoms with van der Waals surface area (Å²) in [4.78, 5) is 22.0. The molecular weight excluding hydrogens is 347 g/mol. The van der Waals surface area contributed by atoms with Crippen LogP contribution in [0.25, 0.3) is 5.65 Å². The Morgan fingerprint density at radius 2 is 2.24 bits per heavy atom. The fourth-order valence-corrected chi connectivity index (χ4v) is 3.46. The molecule has 1 aliphatic heterocycles. The van der Waals surface area contributed by atoms with E-state index in [-0.39, 0.29) is 16.8 Å². The van der Waals surface area contributed by atoms with Crippen molar-refractivity contribution in [3.8, 4) is 0 Å². The first-order chi connectivity index (χ1) is 12.0. The third kappa shape index (κ3) is 2.68. The number of pyridine rings is 1. The number of hydrogen-bond acceptors (Lipinski definition) is 5. The van der Waals surface area contributed by atoms with Crippen molar-refractivity contribution >= 4 is 29.0 Å². The van der Waals surface area contributed by atoms with Crippen LogP contribution in [0.3, 0.4) is 0 Å². The van der Waals surface area contributed by atoms with Gasteiger partial charge in [-0.25, -0.2) is 18.9 Å². The second kappa shape index (κ2) is 5.96. The number of nitrogens with zero attached hydrogens (tertiary/aromatic N) is 5. The molecular formula is C16H14ClFN6O. The molecule has 0 aromatic carbocycles. The van der Waals surface area contributed by atoms with Gasteiger partial charge < -0.3 is 10.6 Å². The summed E-state index contributed by atoms with van der Waals surface area (Å²) >= 11 is 6.17. The number of rotatable bonds is 3. The summed E-state index contributed by atoms with van der Waals surface area (Å²) < 4.78 is 15.1. The van der Waals surface area contributed by atoms with E-state index in [0.717, 1.165) is 25.6 Å². The van der Waals surface area contributed by atoms with Crippen LogP contribution < -0.4 is 10.6 Å². The maximum atomic E-state index is 13.6. The lowest BCUT2D eigenvalue weighted by Gasteiger charge is -2.26. The molecule has 3 aromatic rings. The maximum absolute atomic E-state index is 13.6. The number of fused-ring (bicyclic) bond motifs is 1. The highest BCUT2D eigenvalue weighted by Gasteiger charge is 2.30. The largest absolute Gasteiger partial charge is 0.365 e. The van der Waals surface area contributed by atoms with Crippen molar-refractivity contribution in [3.63, 3.8) is 0 Å².